The third-order valence-corrected chi connectivity index (χ3v) is 8.04. The first-order valence-electron chi connectivity index (χ1n) is 12.6. The average molecular weight is 477 g/mol. The standard InChI is InChI=1S/C29H28N6O/c1-15-13-30-28(32-15)29(2,3)34-27(36)17-6-4-16(5-7-17)26-24-19-9-8-18(12-19)23(24)25-20-14-31-35-21(20)10-11-22(25)33-26/h4-7,10-11,13-14,18-19H,8-9,12H2,1-3H3,(H,30,32)(H,31,35)(H,34,36). The molecule has 0 saturated heterocycles. The highest BCUT2D eigenvalue weighted by Crippen LogP contribution is 2.57. The molecule has 3 N–H and O–H groups in total. The normalized spacial score (nSPS) is 18.8. The Labute approximate surface area is 208 Å². The second-order valence-electron chi connectivity index (χ2n) is 10.9. The summed E-state index contributed by atoms with van der Waals surface area (Å²) < 4.78 is 0. The van der Waals surface area contributed by atoms with E-state index in [0.717, 1.165) is 39.2 Å². The van der Waals surface area contributed by atoms with Gasteiger partial charge in [-0.1, -0.05) is 12.1 Å². The molecule has 2 aliphatic rings. The van der Waals surface area contributed by atoms with E-state index < -0.39 is 5.54 Å². The smallest absolute Gasteiger partial charge is 0.252 e. The van der Waals surface area contributed by atoms with Crippen molar-refractivity contribution in [1.82, 2.24) is 30.5 Å². The molecular weight excluding hydrogens is 448 g/mol. The lowest BCUT2D eigenvalue weighted by atomic mass is 9.85. The number of aromatic nitrogens is 5. The van der Waals surface area contributed by atoms with Crippen molar-refractivity contribution in [2.75, 3.05) is 0 Å². The summed E-state index contributed by atoms with van der Waals surface area (Å²) in [5, 5.41) is 12.9. The molecule has 7 rings (SSSR count). The SMILES string of the molecule is Cc1cnc(C(C)(C)NC(=O)c2ccc(-c3nc4ccc5[nH]ncc5c4c4c3C3CCC4C3)cc2)[nH]1. The van der Waals surface area contributed by atoms with E-state index in [2.05, 4.69) is 37.6 Å². The van der Waals surface area contributed by atoms with Crippen molar-refractivity contribution in [3.63, 3.8) is 0 Å². The van der Waals surface area contributed by atoms with Crippen molar-refractivity contribution in [2.24, 2.45) is 0 Å². The molecule has 7 nitrogen and oxygen atoms in total. The van der Waals surface area contributed by atoms with Gasteiger partial charge in [-0.05, 0) is 87.3 Å². The van der Waals surface area contributed by atoms with Crippen LogP contribution in [-0.2, 0) is 5.54 Å². The first-order chi connectivity index (χ1) is 17.4. The van der Waals surface area contributed by atoms with Crippen molar-refractivity contribution < 1.29 is 4.79 Å². The Morgan fingerprint density at radius 2 is 1.81 bits per heavy atom. The van der Waals surface area contributed by atoms with Gasteiger partial charge in [0.15, 0.2) is 0 Å². The van der Waals surface area contributed by atoms with E-state index in [-0.39, 0.29) is 5.91 Å². The molecule has 2 aliphatic carbocycles. The molecule has 180 valence electrons. The van der Waals surface area contributed by atoms with Crippen LogP contribution < -0.4 is 5.32 Å². The third kappa shape index (κ3) is 3.11. The maximum Gasteiger partial charge on any atom is 0.252 e. The lowest BCUT2D eigenvalue weighted by molar-refractivity contribution is 0.0908. The van der Waals surface area contributed by atoms with Gasteiger partial charge in [-0.3, -0.25) is 9.89 Å². The number of nitrogens with one attached hydrogen (secondary N) is 3. The van der Waals surface area contributed by atoms with Crippen LogP contribution in [-0.4, -0.2) is 31.1 Å². The minimum Gasteiger partial charge on any atom is -0.344 e. The lowest BCUT2D eigenvalue weighted by Crippen LogP contribution is -2.41. The summed E-state index contributed by atoms with van der Waals surface area (Å²) in [6.45, 7) is 5.85. The van der Waals surface area contributed by atoms with Crippen LogP contribution in [0, 0.1) is 6.92 Å². The van der Waals surface area contributed by atoms with Gasteiger partial charge in [0.2, 0.25) is 0 Å². The van der Waals surface area contributed by atoms with Crippen LogP contribution >= 0.6 is 0 Å². The molecular formula is C29H28N6O. The molecule has 1 fully saturated rings. The van der Waals surface area contributed by atoms with Gasteiger partial charge in [0.25, 0.3) is 5.91 Å². The van der Waals surface area contributed by atoms with Crippen LogP contribution in [0.2, 0.25) is 0 Å². The predicted octanol–water partition coefficient (Wildman–Crippen LogP) is 5.84. The van der Waals surface area contributed by atoms with Crippen LogP contribution in [0.1, 0.15) is 77.9 Å². The average Bonchev–Trinajstić information content (AvgIpc) is 3.67. The monoisotopic (exact) mass is 476 g/mol. The van der Waals surface area contributed by atoms with E-state index in [1.165, 1.54) is 35.8 Å². The number of nitrogens with zero attached hydrogens (tertiary/aromatic N) is 3. The molecule has 0 radical (unpaired) electrons. The molecule has 2 aromatic carbocycles. The van der Waals surface area contributed by atoms with Crippen LogP contribution in [0.25, 0.3) is 33.1 Å². The summed E-state index contributed by atoms with van der Waals surface area (Å²) in [4.78, 5) is 25.9. The second-order valence-corrected chi connectivity index (χ2v) is 10.9. The van der Waals surface area contributed by atoms with Crippen molar-refractivity contribution >= 4 is 27.7 Å². The maximum atomic E-state index is 13.1. The Morgan fingerprint density at radius 3 is 2.56 bits per heavy atom. The number of hydrogen-bond donors (Lipinski definition) is 3. The van der Waals surface area contributed by atoms with Crippen LogP contribution in [0.3, 0.4) is 0 Å². The van der Waals surface area contributed by atoms with E-state index >= 15 is 0 Å². The highest BCUT2D eigenvalue weighted by molar-refractivity contribution is 6.08. The summed E-state index contributed by atoms with van der Waals surface area (Å²) in [6, 6.07) is 12.0. The number of aryl methyl sites for hydroxylation is 1. The Bertz CT molecular complexity index is 1660. The number of fused-ring (bicyclic) bond motifs is 9. The Hall–Kier alpha value is -4.00. The van der Waals surface area contributed by atoms with E-state index in [9.17, 15) is 4.79 Å². The Kier molecular flexibility index (Phi) is 4.44. The minimum atomic E-state index is -0.609. The summed E-state index contributed by atoms with van der Waals surface area (Å²) in [7, 11) is 0. The quantitative estimate of drug-likeness (QED) is 0.303. The molecule has 2 bridgehead atoms. The Morgan fingerprint density at radius 1 is 1.03 bits per heavy atom. The molecule has 3 aromatic heterocycles. The number of amides is 1. The molecule has 2 atom stereocenters. The number of carbonyl (C=O) groups is 1. The molecule has 0 aliphatic heterocycles. The van der Waals surface area contributed by atoms with Crippen molar-refractivity contribution in [2.45, 2.75) is 57.4 Å². The predicted molar refractivity (Wildman–Crippen MR) is 140 cm³/mol. The summed E-state index contributed by atoms with van der Waals surface area (Å²) in [6.07, 6.45) is 7.39. The van der Waals surface area contributed by atoms with Crippen LogP contribution in [0.5, 0.6) is 0 Å². The number of aromatic amines is 2. The largest absolute Gasteiger partial charge is 0.344 e. The fourth-order valence-corrected chi connectivity index (χ4v) is 6.31. The van der Waals surface area contributed by atoms with E-state index in [4.69, 9.17) is 4.98 Å². The molecule has 7 heteroatoms. The van der Waals surface area contributed by atoms with E-state index in [1.54, 1.807) is 6.20 Å². The minimum absolute atomic E-state index is 0.126. The van der Waals surface area contributed by atoms with Gasteiger partial charge >= 0.3 is 0 Å². The van der Waals surface area contributed by atoms with Crippen molar-refractivity contribution in [3.8, 4) is 11.3 Å². The topological polar surface area (TPSA) is 99.3 Å². The summed E-state index contributed by atoms with van der Waals surface area (Å²) >= 11 is 0. The summed E-state index contributed by atoms with van der Waals surface area (Å²) in [5.41, 5.74) is 8.05. The zero-order chi connectivity index (χ0) is 24.6. The van der Waals surface area contributed by atoms with Gasteiger partial charge in [-0.2, -0.15) is 5.10 Å². The van der Waals surface area contributed by atoms with Gasteiger partial charge in [0.05, 0.1) is 28.5 Å². The number of benzene rings is 2. The highest BCUT2D eigenvalue weighted by atomic mass is 16.1. The number of imidazole rings is 1. The lowest BCUT2D eigenvalue weighted by Gasteiger charge is -2.24. The zero-order valence-corrected chi connectivity index (χ0v) is 20.6. The van der Waals surface area contributed by atoms with Gasteiger partial charge in [0, 0.05) is 33.8 Å². The Balaban J connectivity index is 1.27. The number of carbonyl (C=O) groups excluding carboxylic acids is 1. The highest BCUT2D eigenvalue weighted by Gasteiger charge is 2.41. The fraction of sp³-hybridized carbons (Fsp3) is 0.310. The van der Waals surface area contributed by atoms with E-state index in [0.29, 0.717) is 17.4 Å². The zero-order valence-electron chi connectivity index (χ0n) is 20.6. The summed E-state index contributed by atoms with van der Waals surface area (Å²) in [5.74, 6) is 1.76. The third-order valence-electron chi connectivity index (χ3n) is 8.04. The van der Waals surface area contributed by atoms with Gasteiger partial charge in [-0.15, -0.1) is 0 Å². The second kappa shape index (κ2) is 7.50. The molecule has 36 heavy (non-hydrogen) atoms. The van der Waals surface area contributed by atoms with E-state index in [1.807, 2.05) is 51.2 Å². The molecule has 2 unspecified atom stereocenters. The first kappa shape index (κ1) is 21.3. The van der Waals surface area contributed by atoms with Gasteiger partial charge < -0.3 is 10.3 Å². The number of hydrogen-bond acceptors (Lipinski definition) is 4. The molecule has 1 saturated carbocycles. The molecule has 3 heterocycles. The molecule has 0 spiro atoms. The van der Waals surface area contributed by atoms with Crippen molar-refractivity contribution in [1.29, 1.82) is 0 Å². The number of H-pyrrole nitrogens is 2. The van der Waals surface area contributed by atoms with Crippen molar-refractivity contribution in [3.05, 3.63) is 77.0 Å². The van der Waals surface area contributed by atoms with Gasteiger partial charge in [0.1, 0.15) is 5.82 Å². The fourth-order valence-electron chi connectivity index (χ4n) is 6.31. The number of pyridine rings is 1. The van der Waals surface area contributed by atoms with Crippen LogP contribution in [0.4, 0.5) is 0 Å². The number of rotatable bonds is 4. The maximum absolute atomic E-state index is 13.1. The first-order valence-corrected chi connectivity index (χ1v) is 12.6. The van der Waals surface area contributed by atoms with Gasteiger partial charge in [-0.25, -0.2) is 9.97 Å². The van der Waals surface area contributed by atoms with Crippen LogP contribution in [0.15, 0.2) is 48.8 Å². The molecule has 1 amide bonds. The molecule has 5 aromatic rings.